The molecule has 3 N–H and O–H groups in total. The monoisotopic (exact) mass is 203 g/mol. The van der Waals surface area contributed by atoms with Crippen molar-refractivity contribution in [2.45, 2.75) is 19.4 Å². The molecule has 1 aromatic rings. The zero-order valence-corrected chi connectivity index (χ0v) is 7.35. The second-order valence-corrected chi connectivity index (χ2v) is 3.21. The van der Waals surface area contributed by atoms with E-state index in [1.165, 1.54) is 0 Å². The van der Waals surface area contributed by atoms with E-state index in [0.717, 1.165) is 16.8 Å². The maximum atomic E-state index is 5.56. The minimum absolute atomic E-state index is 0.165. The highest BCUT2D eigenvalue weighted by atomic mass is 79.9. The maximum absolute atomic E-state index is 5.56. The predicted octanol–water partition coefficient (Wildman–Crippen LogP) is 1.06. The molecule has 10 heavy (non-hydrogen) atoms. The Morgan fingerprint density at radius 1 is 1.90 bits per heavy atom. The van der Waals surface area contributed by atoms with E-state index in [9.17, 15) is 0 Å². The van der Waals surface area contributed by atoms with E-state index in [-0.39, 0.29) is 6.04 Å². The number of nitrogens with zero attached hydrogens (tertiary/aromatic N) is 1. The minimum Gasteiger partial charge on any atom is -0.337 e. The summed E-state index contributed by atoms with van der Waals surface area (Å²) in [4.78, 5) is 7.11. The molecule has 1 rings (SSSR count). The number of aromatic amines is 1. The fourth-order valence-electron chi connectivity index (χ4n) is 0.746. The molecular formula is C6H10BrN3. The van der Waals surface area contributed by atoms with Crippen LogP contribution in [0.3, 0.4) is 0 Å². The number of nitrogens with two attached hydrogens (primary N) is 1. The fraction of sp³-hybridized carbons (Fsp3) is 0.500. The summed E-state index contributed by atoms with van der Waals surface area (Å²) in [6.45, 7) is 1.95. The molecule has 0 aliphatic carbocycles. The lowest BCUT2D eigenvalue weighted by Gasteiger charge is -1.98. The Kier molecular flexibility index (Phi) is 2.45. The van der Waals surface area contributed by atoms with Crippen LogP contribution >= 0.6 is 15.9 Å². The van der Waals surface area contributed by atoms with E-state index in [2.05, 4.69) is 25.9 Å². The Morgan fingerprint density at radius 2 is 2.60 bits per heavy atom. The van der Waals surface area contributed by atoms with Gasteiger partial charge in [0.05, 0.1) is 6.20 Å². The zero-order chi connectivity index (χ0) is 7.56. The summed E-state index contributed by atoms with van der Waals surface area (Å²) in [5, 5.41) is 0. The van der Waals surface area contributed by atoms with Crippen molar-refractivity contribution in [2.24, 2.45) is 5.73 Å². The molecule has 4 heteroatoms. The highest BCUT2D eigenvalue weighted by molar-refractivity contribution is 9.10. The van der Waals surface area contributed by atoms with Gasteiger partial charge in [-0.15, -0.1) is 0 Å². The first-order chi connectivity index (χ1) is 4.68. The molecule has 0 bridgehead atoms. The van der Waals surface area contributed by atoms with Crippen molar-refractivity contribution in [2.75, 3.05) is 0 Å². The van der Waals surface area contributed by atoms with E-state index in [1.807, 2.05) is 6.92 Å². The van der Waals surface area contributed by atoms with Gasteiger partial charge in [0, 0.05) is 12.5 Å². The molecule has 1 unspecified atom stereocenters. The van der Waals surface area contributed by atoms with Gasteiger partial charge in [-0.05, 0) is 22.9 Å². The van der Waals surface area contributed by atoms with Gasteiger partial charge < -0.3 is 10.7 Å². The van der Waals surface area contributed by atoms with Crippen molar-refractivity contribution in [1.82, 2.24) is 9.97 Å². The molecule has 0 amide bonds. The summed E-state index contributed by atoms with van der Waals surface area (Å²) < 4.78 is 0.906. The van der Waals surface area contributed by atoms with E-state index >= 15 is 0 Å². The van der Waals surface area contributed by atoms with Crippen LogP contribution in [0.25, 0.3) is 0 Å². The van der Waals surface area contributed by atoms with Crippen molar-refractivity contribution < 1.29 is 0 Å². The molecule has 0 aliphatic heterocycles. The number of hydrogen-bond acceptors (Lipinski definition) is 2. The number of nitrogens with one attached hydrogen (secondary N) is 1. The van der Waals surface area contributed by atoms with Crippen LogP contribution in [0.1, 0.15) is 12.7 Å². The predicted molar refractivity (Wildman–Crippen MR) is 43.6 cm³/mol. The van der Waals surface area contributed by atoms with E-state index in [0.29, 0.717) is 0 Å². The quantitative estimate of drug-likeness (QED) is 0.756. The van der Waals surface area contributed by atoms with Gasteiger partial charge in [0.2, 0.25) is 0 Å². The second kappa shape index (κ2) is 3.16. The Hall–Kier alpha value is -0.350. The highest BCUT2D eigenvalue weighted by Crippen LogP contribution is 2.05. The van der Waals surface area contributed by atoms with Crippen LogP contribution < -0.4 is 5.73 Å². The van der Waals surface area contributed by atoms with Crippen LogP contribution in [0.2, 0.25) is 0 Å². The molecule has 1 aromatic heterocycles. The zero-order valence-electron chi connectivity index (χ0n) is 5.76. The number of hydrogen-bond donors (Lipinski definition) is 2. The second-order valence-electron chi connectivity index (χ2n) is 2.36. The molecule has 1 atom stereocenters. The Morgan fingerprint density at radius 3 is 3.00 bits per heavy atom. The largest absolute Gasteiger partial charge is 0.337 e. The Labute approximate surface area is 68.2 Å². The van der Waals surface area contributed by atoms with Gasteiger partial charge in [-0.3, -0.25) is 0 Å². The number of imidazole rings is 1. The standard InChI is InChI=1S/C6H10BrN3/c1-4(8)2-6-9-3-5(7)10-6/h3-4H,2,8H2,1H3,(H,9,10). The third-order valence-corrected chi connectivity index (χ3v) is 1.52. The summed E-state index contributed by atoms with van der Waals surface area (Å²) in [5.74, 6) is 0.932. The normalized spacial score (nSPS) is 13.5. The van der Waals surface area contributed by atoms with E-state index in [1.54, 1.807) is 6.20 Å². The van der Waals surface area contributed by atoms with Gasteiger partial charge in [0.1, 0.15) is 10.4 Å². The SMILES string of the molecule is CC(N)Cc1ncc(Br)[nH]1. The summed E-state index contributed by atoms with van der Waals surface area (Å²) in [5.41, 5.74) is 5.56. The van der Waals surface area contributed by atoms with Crippen LogP contribution in [-0.4, -0.2) is 16.0 Å². The fourth-order valence-corrected chi connectivity index (χ4v) is 1.08. The van der Waals surface area contributed by atoms with E-state index in [4.69, 9.17) is 5.73 Å². The van der Waals surface area contributed by atoms with Gasteiger partial charge in [-0.25, -0.2) is 4.98 Å². The van der Waals surface area contributed by atoms with Crippen LogP contribution in [-0.2, 0) is 6.42 Å². The van der Waals surface area contributed by atoms with Crippen LogP contribution in [0.15, 0.2) is 10.8 Å². The first-order valence-electron chi connectivity index (χ1n) is 3.13. The van der Waals surface area contributed by atoms with Crippen molar-refractivity contribution in [3.63, 3.8) is 0 Å². The summed E-state index contributed by atoms with van der Waals surface area (Å²) in [6, 6.07) is 0.165. The number of aromatic nitrogens is 2. The molecule has 0 saturated carbocycles. The van der Waals surface area contributed by atoms with Gasteiger partial charge in [0.15, 0.2) is 0 Å². The van der Waals surface area contributed by atoms with Crippen LogP contribution in [0.5, 0.6) is 0 Å². The van der Waals surface area contributed by atoms with E-state index < -0.39 is 0 Å². The van der Waals surface area contributed by atoms with Crippen molar-refractivity contribution in [3.05, 3.63) is 16.6 Å². The maximum Gasteiger partial charge on any atom is 0.108 e. The molecule has 1 heterocycles. The molecule has 3 nitrogen and oxygen atoms in total. The summed E-state index contributed by atoms with van der Waals surface area (Å²) in [7, 11) is 0. The van der Waals surface area contributed by atoms with Gasteiger partial charge in [0.25, 0.3) is 0 Å². The minimum atomic E-state index is 0.165. The lowest BCUT2D eigenvalue weighted by Crippen LogP contribution is -2.18. The van der Waals surface area contributed by atoms with Crippen molar-refractivity contribution in [1.29, 1.82) is 0 Å². The molecule has 0 spiro atoms. The topological polar surface area (TPSA) is 54.7 Å². The van der Waals surface area contributed by atoms with Crippen LogP contribution in [0.4, 0.5) is 0 Å². The van der Waals surface area contributed by atoms with Crippen molar-refractivity contribution in [3.8, 4) is 0 Å². The van der Waals surface area contributed by atoms with Gasteiger partial charge in [-0.1, -0.05) is 0 Å². The molecule has 56 valence electrons. The molecule has 0 saturated heterocycles. The molecule has 0 fully saturated rings. The molecular weight excluding hydrogens is 194 g/mol. The Bertz CT molecular complexity index is 207. The molecule has 0 aromatic carbocycles. The smallest absolute Gasteiger partial charge is 0.108 e. The average molecular weight is 204 g/mol. The first kappa shape index (κ1) is 7.75. The Balaban J connectivity index is 2.58. The number of rotatable bonds is 2. The van der Waals surface area contributed by atoms with Gasteiger partial charge in [-0.2, -0.15) is 0 Å². The van der Waals surface area contributed by atoms with Crippen molar-refractivity contribution >= 4 is 15.9 Å². The lowest BCUT2D eigenvalue weighted by molar-refractivity contribution is 0.709. The van der Waals surface area contributed by atoms with Crippen LogP contribution in [0, 0.1) is 0 Å². The average Bonchev–Trinajstić information content (AvgIpc) is 2.13. The molecule has 0 aliphatic rings. The number of halogens is 1. The highest BCUT2D eigenvalue weighted by Gasteiger charge is 2.00. The first-order valence-corrected chi connectivity index (χ1v) is 3.92. The molecule has 0 radical (unpaired) electrons. The summed E-state index contributed by atoms with van der Waals surface area (Å²) >= 11 is 3.26. The van der Waals surface area contributed by atoms with Gasteiger partial charge >= 0.3 is 0 Å². The number of H-pyrrole nitrogens is 1. The third-order valence-electron chi connectivity index (χ3n) is 1.11. The summed E-state index contributed by atoms with van der Waals surface area (Å²) in [6.07, 6.45) is 2.53. The third kappa shape index (κ3) is 2.11. The lowest BCUT2D eigenvalue weighted by atomic mass is 10.2.